The number of benzene rings is 3. The van der Waals surface area contributed by atoms with Gasteiger partial charge in [0.1, 0.15) is 18.2 Å². The van der Waals surface area contributed by atoms with Crippen LogP contribution in [0.5, 0.6) is 5.75 Å². The Balaban J connectivity index is 1.28. The fourth-order valence-electron chi connectivity index (χ4n) is 3.12. The third kappa shape index (κ3) is 5.00. The van der Waals surface area contributed by atoms with Crippen LogP contribution in [0.2, 0.25) is 0 Å². The van der Waals surface area contributed by atoms with Crippen LogP contribution in [0.15, 0.2) is 84.9 Å². The van der Waals surface area contributed by atoms with Crippen LogP contribution in [-0.2, 0) is 13.0 Å². The minimum absolute atomic E-state index is 0.153. The zero-order valence-corrected chi connectivity index (χ0v) is 16.3. The van der Waals surface area contributed by atoms with Crippen molar-refractivity contribution in [3.05, 3.63) is 108 Å². The number of aromatic nitrogens is 1. The lowest BCUT2D eigenvalue weighted by Gasteiger charge is -2.08. The normalized spacial score (nSPS) is 10.7. The predicted molar refractivity (Wildman–Crippen MR) is 115 cm³/mol. The molecule has 0 bridgehead atoms. The Bertz CT molecular complexity index is 1140. The highest BCUT2D eigenvalue weighted by Crippen LogP contribution is 2.16. The summed E-state index contributed by atoms with van der Waals surface area (Å²) < 4.78 is 18.7. The van der Waals surface area contributed by atoms with E-state index in [-0.39, 0.29) is 11.7 Å². The van der Waals surface area contributed by atoms with Gasteiger partial charge >= 0.3 is 0 Å². The van der Waals surface area contributed by atoms with Crippen LogP contribution < -0.4 is 10.1 Å². The van der Waals surface area contributed by atoms with Crippen LogP contribution >= 0.6 is 0 Å². The van der Waals surface area contributed by atoms with Crippen molar-refractivity contribution < 1.29 is 13.9 Å². The summed E-state index contributed by atoms with van der Waals surface area (Å²) in [5.41, 5.74) is 3.32. The molecule has 0 aliphatic carbocycles. The van der Waals surface area contributed by atoms with Crippen molar-refractivity contribution in [1.29, 1.82) is 0 Å². The van der Waals surface area contributed by atoms with Crippen LogP contribution in [0, 0.1) is 5.82 Å². The van der Waals surface area contributed by atoms with Crippen molar-refractivity contribution in [1.82, 2.24) is 10.3 Å². The van der Waals surface area contributed by atoms with Crippen molar-refractivity contribution >= 4 is 16.8 Å². The number of pyridine rings is 1. The van der Waals surface area contributed by atoms with E-state index in [1.165, 1.54) is 12.1 Å². The molecule has 0 radical (unpaired) electrons. The first-order valence-electron chi connectivity index (χ1n) is 9.77. The number of halogens is 1. The summed E-state index contributed by atoms with van der Waals surface area (Å²) in [5, 5.41) is 3.97. The Morgan fingerprint density at radius 2 is 1.67 bits per heavy atom. The van der Waals surface area contributed by atoms with Crippen LogP contribution in [-0.4, -0.2) is 17.4 Å². The molecule has 4 aromatic rings. The van der Waals surface area contributed by atoms with Gasteiger partial charge in [0.2, 0.25) is 0 Å². The third-order valence-electron chi connectivity index (χ3n) is 4.77. The first-order valence-corrected chi connectivity index (χ1v) is 9.77. The van der Waals surface area contributed by atoms with Gasteiger partial charge in [0.15, 0.2) is 0 Å². The van der Waals surface area contributed by atoms with Gasteiger partial charge in [-0.2, -0.15) is 0 Å². The molecule has 1 heterocycles. The number of fused-ring (bicyclic) bond motifs is 1. The van der Waals surface area contributed by atoms with Crippen LogP contribution in [0.3, 0.4) is 0 Å². The van der Waals surface area contributed by atoms with Gasteiger partial charge in [-0.1, -0.05) is 36.4 Å². The lowest BCUT2D eigenvalue weighted by Crippen LogP contribution is -2.25. The summed E-state index contributed by atoms with van der Waals surface area (Å²) in [4.78, 5) is 16.9. The number of carbonyl (C=O) groups is 1. The number of nitrogens with zero attached hydrogens (tertiary/aromatic N) is 1. The van der Waals surface area contributed by atoms with Crippen molar-refractivity contribution in [2.75, 3.05) is 6.54 Å². The number of para-hydroxylation sites is 1. The van der Waals surface area contributed by atoms with Gasteiger partial charge in [-0.05, 0) is 60.5 Å². The molecule has 0 aliphatic rings. The zero-order chi connectivity index (χ0) is 20.8. The Labute approximate surface area is 174 Å². The largest absolute Gasteiger partial charge is 0.487 e. The molecule has 0 saturated carbocycles. The molecule has 150 valence electrons. The van der Waals surface area contributed by atoms with Crippen molar-refractivity contribution in [3.63, 3.8) is 0 Å². The molecular formula is C25H21FN2O2. The van der Waals surface area contributed by atoms with E-state index in [1.54, 1.807) is 36.4 Å². The van der Waals surface area contributed by atoms with E-state index in [4.69, 9.17) is 4.74 Å². The highest BCUT2D eigenvalue weighted by atomic mass is 19.1. The molecule has 1 aromatic heterocycles. The van der Waals surface area contributed by atoms with Crippen LogP contribution in [0.4, 0.5) is 4.39 Å². The summed E-state index contributed by atoms with van der Waals surface area (Å²) in [6, 6.07) is 25.2. The molecule has 1 amide bonds. The Morgan fingerprint density at radius 3 is 2.47 bits per heavy atom. The summed E-state index contributed by atoms with van der Waals surface area (Å²) >= 11 is 0. The van der Waals surface area contributed by atoms with Gasteiger partial charge in [0.05, 0.1) is 11.2 Å². The first kappa shape index (κ1) is 19.6. The molecule has 0 unspecified atom stereocenters. The SMILES string of the molecule is O=C(NCCc1ccc(F)cc1)c1ccc(OCc2ccc3ccccc3n2)cc1. The maximum absolute atomic E-state index is 12.9. The van der Waals surface area contributed by atoms with Gasteiger partial charge in [0.25, 0.3) is 5.91 Å². The molecule has 3 aromatic carbocycles. The Morgan fingerprint density at radius 1 is 0.900 bits per heavy atom. The third-order valence-corrected chi connectivity index (χ3v) is 4.77. The smallest absolute Gasteiger partial charge is 0.251 e. The van der Waals surface area contributed by atoms with Gasteiger partial charge in [-0.3, -0.25) is 4.79 Å². The minimum atomic E-state index is -0.263. The highest BCUT2D eigenvalue weighted by Gasteiger charge is 2.06. The van der Waals surface area contributed by atoms with E-state index < -0.39 is 0 Å². The molecule has 0 fully saturated rings. The van der Waals surface area contributed by atoms with E-state index in [2.05, 4.69) is 10.3 Å². The summed E-state index contributed by atoms with van der Waals surface area (Å²) in [5.74, 6) is 0.258. The average molecular weight is 400 g/mol. The predicted octanol–water partition coefficient (Wildman–Crippen LogP) is 4.93. The molecule has 4 nitrogen and oxygen atoms in total. The molecule has 1 N–H and O–H groups in total. The minimum Gasteiger partial charge on any atom is -0.487 e. The fraction of sp³-hybridized carbons (Fsp3) is 0.120. The summed E-state index contributed by atoms with van der Waals surface area (Å²) in [6.45, 7) is 0.838. The lowest BCUT2D eigenvalue weighted by molar-refractivity contribution is 0.0954. The molecule has 5 heteroatoms. The highest BCUT2D eigenvalue weighted by molar-refractivity contribution is 5.94. The van der Waals surface area contributed by atoms with Crippen molar-refractivity contribution in [2.24, 2.45) is 0 Å². The van der Waals surface area contributed by atoms with Gasteiger partial charge < -0.3 is 10.1 Å². The summed E-state index contributed by atoms with van der Waals surface area (Å²) in [6.07, 6.45) is 0.645. The second-order valence-corrected chi connectivity index (χ2v) is 6.94. The van der Waals surface area contributed by atoms with Gasteiger partial charge in [-0.25, -0.2) is 9.37 Å². The van der Waals surface area contributed by atoms with E-state index in [1.807, 2.05) is 36.4 Å². The topological polar surface area (TPSA) is 51.2 Å². The molecule has 0 atom stereocenters. The standard InChI is InChI=1S/C25H21FN2O2/c26-21-10-5-18(6-11-21)15-16-27-25(29)20-8-13-23(14-9-20)30-17-22-12-7-19-3-1-2-4-24(19)28-22/h1-14H,15-17H2,(H,27,29). The fourth-order valence-corrected chi connectivity index (χ4v) is 3.12. The van der Waals surface area contributed by atoms with E-state index in [0.717, 1.165) is 22.2 Å². The van der Waals surface area contributed by atoms with Crippen molar-refractivity contribution in [2.45, 2.75) is 13.0 Å². The average Bonchev–Trinajstić information content (AvgIpc) is 2.79. The number of amides is 1. The van der Waals surface area contributed by atoms with Crippen molar-refractivity contribution in [3.8, 4) is 5.75 Å². The second-order valence-electron chi connectivity index (χ2n) is 6.94. The number of rotatable bonds is 7. The van der Waals surface area contributed by atoms with Crippen LogP contribution in [0.1, 0.15) is 21.6 Å². The molecule has 4 rings (SSSR count). The molecular weight excluding hydrogens is 379 g/mol. The second kappa shape index (κ2) is 9.18. The Kier molecular flexibility index (Phi) is 5.99. The Hall–Kier alpha value is -3.73. The first-order chi connectivity index (χ1) is 14.7. The van der Waals surface area contributed by atoms with E-state index in [0.29, 0.717) is 30.9 Å². The number of hydrogen-bond acceptors (Lipinski definition) is 3. The number of nitrogens with one attached hydrogen (secondary N) is 1. The number of hydrogen-bond donors (Lipinski definition) is 1. The maximum Gasteiger partial charge on any atom is 0.251 e. The monoisotopic (exact) mass is 400 g/mol. The number of carbonyl (C=O) groups excluding carboxylic acids is 1. The lowest BCUT2D eigenvalue weighted by atomic mass is 10.1. The zero-order valence-electron chi connectivity index (χ0n) is 16.3. The molecule has 0 saturated heterocycles. The van der Waals surface area contributed by atoms with E-state index in [9.17, 15) is 9.18 Å². The molecule has 0 spiro atoms. The van der Waals surface area contributed by atoms with E-state index >= 15 is 0 Å². The summed E-state index contributed by atoms with van der Waals surface area (Å²) in [7, 11) is 0. The van der Waals surface area contributed by atoms with Gasteiger partial charge in [-0.15, -0.1) is 0 Å². The number of ether oxygens (including phenoxy) is 1. The quantitative estimate of drug-likeness (QED) is 0.479. The van der Waals surface area contributed by atoms with Crippen LogP contribution in [0.25, 0.3) is 10.9 Å². The molecule has 0 aliphatic heterocycles. The van der Waals surface area contributed by atoms with Gasteiger partial charge in [0, 0.05) is 17.5 Å². The maximum atomic E-state index is 12.9. The molecule has 30 heavy (non-hydrogen) atoms.